The van der Waals surface area contributed by atoms with E-state index in [0.29, 0.717) is 10.7 Å². The third-order valence-corrected chi connectivity index (χ3v) is 2.73. The first-order valence-corrected chi connectivity index (χ1v) is 5.87. The Labute approximate surface area is 113 Å². The molecule has 0 N–H and O–H groups in total. The molecule has 0 atom stereocenters. The van der Waals surface area contributed by atoms with E-state index in [-0.39, 0.29) is 5.75 Å². The smallest absolute Gasteiger partial charge is 0.422 e. The van der Waals surface area contributed by atoms with Crippen molar-refractivity contribution in [3.63, 3.8) is 0 Å². The number of hydrogen-bond acceptors (Lipinski definition) is 1. The molecule has 0 spiro atoms. The second-order valence-corrected chi connectivity index (χ2v) is 4.50. The van der Waals surface area contributed by atoms with Crippen LogP contribution >= 0.6 is 11.6 Å². The van der Waals surface area contributed by atoms with E-state index in [1.54, 1.807) is 42.1 Å². The van der Waals surface area contributed by atoms with E-state index in [0.717, 1.165) is 5.56 Å². The monoisotopic (exact) mass is 289 g/mol. The van der Waals surface area contributed by atoms with Gasteiger partial charge in [-0.3, -0.25) is 0 Å². The summed E-state index contributed by atoms with van der Waals surface area (Å²) in [5, 5.41) is 0.505. The van der Waals surface area contributed by atoms with Crippen molar-refractivity contribution in [2.75, 3.05) is 6.61 Å². The molecule has 0 saturated heterocycles. The molecule has 0 unspecified atom stereocenters. The topological polar surface area (TPSA) is 14.2 Å². The third-order valence-electron chi connectivity index (χ3n) is 2.51. The van der Waals surface area contributed by atoms with Crippen LogP contribution in [0.4, 0.5) is 13.2 Å². The van der Waals surface area contributed by atoms with Gasteiger partial charge in [0.05, 0.1) is 10.7 Å². The van der Waals surface area contributed by atoms with Crippen molar-refractivity contribution < 1.29 is 17.9 Å². The van der Waals surface area contributed by atoms with Gasteiger partial charge in [0.25, 0.3) is 0 Å². The van der Waals surface area contributed by atoms with E-state index in [1.807, 2.05) is 0 Å². The van der Waals surface area contributed by atoms with E-state index in [9.17, 15) is 13.2 Å². The highest BCUT2D eigenvalue weighted by atomic mass is 35.5. The first kappa shape index (κ1) is 13.8. The average Bonchev–Trinajstić information content (AvgIpc) is 2.72. The molecule has 102 valence electrons. The van der Waals surface area contributed by atoms with Gasteiger partial charge in [-0.25, -0.2) is 0 Å². The summed E-state index contributed by atoms with van der Waals surface area (Å²) in [6, 6.07) is 6.60. The Balaban J connectivity index is 2.36. The molecule has 0 saturated carbocycles. The molecule has 1 heterocycles. The fourth-order valence-corrected chi connectivity index (χ4v) is 1.91. The van der Waals surface area contributed by atoms with Crippen molar-refractivity contribution in [3.05, 3.63) is 47.2 Å². The molecule has 19 heavy (non-hydrogen) atoms. The molecule has 0 fully saturated rings. The predicted molar refractivity (Wildman–Crippen MR) is 67.1 cm³/mol. The van der Waals surface area contributed by atoms with Crippen molar-refractivity contribution in [2.24, 2.45) is 0 Å². The van der Waals surface area contributed by atoms with Crippen LogP contribution in [0.15, 0.2) is 36.7 Å². The lowest BCUT2D eigenvalue weighted by atomic mass is 10.2. The molecule has 0 aliphatic heterocycles. The Morgan fingerprint density at radius 1 is 1.26 bits per heavy atom. The lowest BCUT2D eigenvalue weighted by molar-refractivity contribution is -0.153. The van der Waals surface area contributed by atoms with Crippen LogP contribution in [0.2, 0.25) is 5.02 Å². The van der Waals surface area contributed by atoms with Crippen LogP contribution in [0.3, 0.4) is 0 Å². The number of hydrogen-bond donors (Lipinski definition) is 0. The van der Waals surface area contributed by atoms with Gasteiger partial charge in [0, 0.05) is 12.4 Å². The molecule has 2 nitrogen and oxygen atoms in total. The van der Waals surface area contributed by atoms with Crippen LogP contribution in [-0.4, -0.2) is 17.4 Å². The van der Waals surface area contributed by atoms with Crippen LogP contribution in [0.1, 0.15) is 5.56 Å². The highest BCUT2D eigenvalue weighted by molar-refractivity contribution is 6.30. The second-order valence-electron chi connectivity index (χ2n) is 4.06. The molecule has 0 aliphatic rings. The van der Waals surface area contributed by atoms with Crippen molar-refractivity contribution >= 4 is 11.6 Å². The SMILES string of the molecule is Cc1cccc(OCC(F)(F)F)c1-n1ccc(Cl)c1. The van der Waals surface area contributed by atoms with Crippen LogP contribution in [0, 0.1) is 6.92 Å². The number of para-hydroxylation sites is 1. The Hall–Kier alpha value is -1.62. The number of halogens is 4. The van der Waals surface area contributed by atoms with Gasteiger partial charge in [-0.15, -0.1) is 0 Å². The molecular weight excluding hydrogens is 279 g/mol. The predicted octanol–water partition coefficient (Wildman–Crippen LogP) is 4.38. The minimum absolute atomic E-state index is 0.171. The molecule has 1 aromatic heterocycles. The number of rotatable bonds is 3. The molecule has 0 aliphatic carbocycles. The summed E-state index contributed by atoms with van der Waals surface area (Å²) in [6.07, 6.45) is -1.08. The summed E-state index contributed by atoms with van der Waals surface area (Å²) in [5.41, 5.74) is 1.35. The zero-order valence-electron chi connectivity index (χ0n) is 10.0. The van der Waals surface area contributed by atoms with Crippen LogP contribution < -0.4 is 4.74 Å². The summed E-state index contributed by atoms with van der Waals surface area (Å²) in [6.45, 7) is 0.474. The normalized spacial score (nSPS) is 11.6. The van der Waals surface area contributed by atoms with Gasteiger partial charge in [0.2, 0.25) is 0 Å². The minimum atomic E-state index is -4.37. The minimum Gasteiger partial charge on any atom is -0.482 e. The first-order valence-electron chi connectivity index (χ1n) is 5.50. The maximum Gasteiger partial charge on any atom is 0.422 e. The Morgan fingerprint density at radius 2 is 2.00 bits per heavy atom. The molecule has 0 amide bonds. The molecule has 0 radical (unpaired) electrons. The second kappa shape index (κ2) is 5.17. The van der Waals surface area contributed by atoms with Gasteiger partial charge in [-0.2, -0.15) is 13.2 Å². The van der Waals surface area contributed by atoms with Crippen molar-refractivity contribution in [1.29, 1.82) is 0 Å². The lowest BCUT2D eigenvalue weighted by Gasteiger charge is -2.15. The van der Waals surface area contributed by atoms with E-state index in [4.69, 9.17) is 16.3 Å². The highest BCUT2D eigenvalue weighted by Crippen LogP contribution is 2.29. The first-order chi connectivity index (χ1) is 8.87. The Kier molecular flexibility index (Phi) is 3.75. The van der Waals surface area contributed by atoms with Crippen LogP contribution in [-0.2, 0) is 0 Å². The number of ether oxygens (including phenoxy) is 1. The number of nitrogens with zero attached hydrogens (tertiary/aromatic N) is 1. The standard InChI is InChI=1S/C13H11ClF3NO/c1-9-3-2-4-11(19-8-13(15,16)17)12(9)18-6-5-10(14)7-18/h2-7H,8H2,1H3. The zero-order chi connectivity index (χ0) is 14.0. The van der Waals surface area contributed by atoms with Crippen molar-refractivity contribution in [3.8, 4) is 11.4 Å². The largest absolute Gasteiger partial charge is 0.482 e. The van der Waals surface area contributed by atoms with E-state index in [1.165, 1.54) is 6.07 Å². The molecule has 0 bridgehead atoms. The van der Waals surface area contributed by atoms with E-state index < -0.39 is 12.8 Å². The molecule has 2 rings (SSSR count). The van der Waals surface area contributed by atoms with Gasteiger partial charge in [0.15, 0.2) is 6.61 Å². The number of aryl methyl sites for hydroxylation is 1. The summed E-state index contributed by atoms with van der Waals surface area (Å²) in [7, 11) is 0. The molecule has 2 aromatic rings. The number of benzene rings is 1. The number of aromatic nitrogens is 1. The van der Waals surface area contributed by atoms with E-state index >= 15 is 0 Å². The maximum absolute atomic E-state index is 12.2. The highest BCUT2D eigenvalue weighted by Gasteiger charge is 2.29. The molecular formula is C13H11ClF3NO. The van der Waals surface area contributed by atoms with Crippen molar-refractivity contribution in [2.45, 2.75) is 13.1 Å². The van der Waals surface area contributed by atoms with Crippen LogP contribution in [0.5, 0.6) is 5.75 Å². The van der Waals surface area contributed by atoms with E-state index in [2.05, 4.69) is 0 Å². The average molecular weight is 290 g/mol. The maximum atomic E-state index is 12.2. The van der Waals surface area contributed by atoms with Gasteiger partial charge >= 0.3 is 6.18 Å². The molecule has 1 aromatic carbocycles. The summed E-state index contributed by atoms with van der Waals surface area (Å²) in [5.74, 6) is 0.171. The summed E-state index contributed by atoms with van der Waals surface area (Å²) < 4.78 is 43.2. The lowest BCUT2D eigenvalue weighted by Crippen LogP contribution is -2.20. The third kappa shape index (κ3) is 3.44. The fraction of sp³-hybridized carbons (Fsp3) is 0.231. The zero-order valence-corrected chi connectivity index (χ0v) is 10.8. The quantitative estimate of drug-likeness (QED) is 0.818. The number of alkyl halides is 3. The Morgan fingerprint density at radius 3 is 2.58 bits per heavy atom. The van der Waals surface area contributed by atoms with Gasteiger partial charge < -0.3 is 9.30 Å². The van der Waals surface area contributed by atoms with Gasteiger partial charge in [-0.05, 0) is 24.6 Å². The summed E-state index contributed by atoms with van der Waals surface area (Å²) in [4.78, 5) is 0. The van der Waals surface area contributed by atoms with Gasteiger partial charge in [-0.1, -0.05) is 23.7 Å². The fourth-order valence-electron chi connectivity index (χ4n) is 1.75. The molecule has 6 heteroatoms. The van der Waals surface area contributed by atoms with Crippen LogP contribution in [0.25, 0.3) is 5.69 Å². The van der Waals surface area contributed by atoms with Gasteiger partial charge in [0.1, 0.15) is 5.75 Å². The Bertz CT molecular complexity index is 578. The summed E-state index contributed by atoms with van der Waals surface area (Å²) >= 11 is 5.82. The van der Waals surface area contributed by atoms with Crippen molar-refractivity contribution in [1.82, 2.24) is 4.57 Å².